The van der Waals surface area contributed by atoms with Crippen molar-refractivity contribution in [2.24, 2.45) is 5.92 Å². The van der Waals surface area contributed by atoms with Crippen molar-refractivity contribution in [2.75, 3.05) is 47.4 Å². The number of rotatable bonds is 7. The van der Waals surface area contributed by atoms with Crippen LogP contribution in [0.2, 0.25) is 0 Å². The average Bonchev–Trinajstić information content (AvgIpc) is 2.55. The molecule has 0 aromatic heterocycles. The smallest absolute Gasteiger partial charge is 0.119 e. The molecule has 1 heterocycles. The quantitative estimate of drug-likeness (QED) is 0.838. The van der Waals surface area contributed by atoms with Crippen molar-refractivity contribution in [1.29, 1.82) is 0 Å². The van der Waals surface area contributed by atoms with Gasteiger partial charge in [-0.2, -0.15) is 0 Å². The lowest BCUT2D eigenvalue weighted by Gasteiger charge is -2.46. The van der Waals surface area contributed by atoms with E-state index < -0.39 is 5.60 Å². The van der Waals surface area contributed by atoms with Crippen molar-refractivity contribution in [3.05, 3.63) is 29.8 Å². The van der Waals surface area contributed by atoms with Gasteiger partial charge < -0.3 is 19.6 Å². The predicted octanol–water partition coefficient (Wildman–Crippen LogP) is 2.57. The van der Waals surface area contributed by atoms with E-state index in [-0.39, 0.29) is 5.92 Å². The van der Waals surface area contributed by atoms with Crippen LogP contribution in [0.1, 0.15) is 31.7 Å². The first-order valence-corrected chi connectivity index (χ1v) is 8.73. The molecule has 2 rings (SSSR count). The number of ether oxygens (including phenoxy) is 1. The summed E-state index contributed by atoms with van der Waals surface area (Å²) in [6.07, 6.45) is 3.23. The van der Waals surface area contributed by atoms with Crippen LogP contribution in [0, 0.1) is 5.92 Å². The fourth-order valence-corrected chi connectivity index (χ4v) is 3.59. The Morgan fingerprint density at radius 3 is 2.83 bits per heavy atom. The van der Waals surface area contributed by atoms with Gasteiger partial charge in [-0.3, -0.25) is 0 Å². The van der Waals surface area contributed by atoms with Gasteiger partial charge in [0.15, 0.2) is 0 Å². The van der Waals surface area contributed by atoms with Crippen molar-refractivity contribution in [3.63, 3.8) is 0 Å². The summed E-state index contributed by atoms with van der Waals surface area (Å²) in [7, 11) is 5.84. The van der Waals surface area contributed by atoms with Crippen molar-refractivity contribution in [3.8, 4) is 5.75 Å². The largest absolute Gasteiger partial charge is 0.497 e. The first kappa shape index (κ1) is 18.2. The highest BCUT2D eigenvalue weighted by atomic mass is 16.5. The van der Waals surface area contributed by atoms with Crippen LogP contribution in [0.5, 0.6) is 5.75 Å². The first-order valence-electron chi connectivity index (χ1n) is 8.73. The van der Waals surface area contributed by atoms with Crippen LogP contribution >= 0.6 is 0 Å². The molecule has 4 heteroatoms. The molecule has 1 aliphatic rings. The van der Waals surface area contributed by atoms with E-state index in [1.54, 1.807) is 7.11 Å². The summed E-state index contributed by atoms with van der Waals surface area (Å²) >= 11 is 0. The zero-order valence-corrected chi connectivity index (χ0v) is 15.1. The lowest BCUT2D eigenvalue weighted by atomic mass is 9.75. The van der Waals surface area contributed by atoms with Crippen molar-refractivity contribution >= 4 is 0 Å². The lowest BCUT2D eigenvalue weighted by Crippen LogP contribution is -2.53. The highest BCUT2D eigenvalue weighted by molar-refractivity contribution is 5.33. The van der Waals surface area contributed by atoms with Crippen LogP contribution in [0.4, 0.5) is 0 Å². The maximum atomic E-state index is 11.5. The topological polar surface area (TPSA) is 35.9 Å². The van der Waals surface area contributed by atoms with Crippen LogP contribution in [-0.2, 0) is 5.60 Å². The Bertz CT molecular complexity index is 492. The number of benzene rings is 1. The van der Waals surface area contributed by atoms with Gasteiger partial charge in [0.2, 0.25) is 0 Å². The molecule has 1 aromatic carbocycles. The zero-order valence-electron chi connectivity index (χ0n) is 15.1. The van der Waals surface area contributed by atoms with Crippen LogP contribution in [0.3, 0.4) is 0 Å². The third-order valence-electron chi connectivity index (χ3n) is 4.95. The van der Waals surface area contributed by atoms with E-state index in [4.69, 9.17) is 4.74 Å². The molecule has 0 spiro atoms. The molecule has 0 aliphatic carbocycles. The van der Waals surface area contributed by atoms with Crippen molar-refractivity contribution < 1.29 is 9.84 Å². The molecule has 2 atom stereocenters. The van der Waals surface area contributed by atoms with Crippen LogP contribution in [0.15, 0.2) is 24.3 Å². The van der Waals surface area contributed by atoms with Gasteiger partial charge in [-0.1, -0.05) is 25.5 Å². The SMILES string of the molecule is CCCCN1CCC(O)(c2cccc(OC)c2)C(CN(C)C)C1. The molecule has 0 amide bonds. The third-order valence-corrected chi connectivity index (χ3v) is 4.95. The van der Waals surface area contributed by atoms with E-state index in [9.17, 15) is 5.11 Å². The molecule has 130 valence electrons. The summed E-state index contributed by atoms with van der Waals surface area (Å²) in [5.41, 5.74) is 0.209. The second-order valence-corrected chi connectivity index (χ2v) is 7.02. The fourth-order valence-electron chi connectivity index (χ4n) is 3.59. The second-order valence-electron chi connectivity index (χ2n) is 7.02. The average molecular weight is 320 g/mol. The number of piperidine rings is 1. The number of hydrogen-bond acceptors (Lipinski definition) is 4. The molecule has 4 nitrogen and oxygen atoms in total. The van der Waals surface area contributed by atoms with Crippen LogP contribution in [0.25, 0.3) is 0 Å². The van der Waals surface area contributed by atoms with E-state index in [0.29, 0.717) is 0 Å². The highest BCUT2D eigenvalue weighted by Gasteiger charge is 2.42. The van der Waals surface area contributed by atoms with Gasteiger partial charge in [-0.25, -0.2) is 0 Å². The lowest BCUT2D eigenvalue weighted by molar-refractivity contribution is -0.0847. The van der Waals surface area contributed by atoms with Gasteiger partial charge >= 0.3 is 0 Å². The fraction of sp³-hybridized carbons (Fsp3) is 0.684. The van der Waals surface area contributed by atoms with Crippen molar-refractivity contribution in [1.82, 2.24) is 9.80 Å². The van der Waals surface area contributed by atoms with Gasteiger partial charge in [0, 0.05) is 25.6 Å². The summed E-state index contributed by atoms with van der Waals surface area (Å²) in [5.74, 6) is 1.02. The summed E-state index contributed by atoms with van der Waals surface area (Å²) in [6, 6.07) is 7.93. The van der Waals surface area contributed by atoms with Crippen molar-refractivity contribution in [2.45, 2.75) is 31.8 Å². The van der Waals surface area contributed by atoms with Gasteiger partial charge in [-0.15, -0.1) is 0 Å². The normalized spacial score (nSPS) is 25.7. The Hall–Kier alpha value is -1.10. The van der Waals surface area contributed by atoms with E-state index in [0.717, 1.165) is 43.9 Å². The molecule has 0 radical (unpaired) electrons. The predicted molar refractivity (Wildman–Crippen MR) is 94.9 cm³/mol. The summed E-state index contributed by atoms with van der Waals surface area (Å²) in [5, 5.41) is 11.5. The van der Waals surface area contributed by atoms with Crippen LogP contribution < -0.4 is 4.74 Å². The second kappa shape index (κ2) is 8.13. The number of likely N-dealkylation sites (tertiary alicyclic amines) is 1. The number of unbranched alkanes of at least 4 members (excludes halogenated alkanes) is 1. The van der Waals surface area contributed by atoms with Gasteiger partial charge in [-0.05, 0) is 51.2 Å². The molecule has 1 N–H and O–H groups in total. The molecule has 1 aliphatic heterocycles. The number of hydrogen-bond donors (Lipinski definition) is 1. The van der Waals surface area contributed by atoms with E-state index in [1.165, 1.54) is 12.8 Å². The third kappa shape index (κ3) is 4.46. The van der Waals surface area contributed by atoms with E-state index >= 15 is 0 Å². The summed E-state index contributed by atoms with van der Waals surface area (Å²) in [6.45, 7) is 6.16. The molecular weight excluding hydrogens is 288 g/mol. The highest BCUT2D eigenvalue weighted by Crippen LogP contribution is 2.39. The first-order chi connectivity index (χ1) is 11.0. The van der Waals surface area contributed by atoms with Gasteiger partial charge in [0.1, 0.15) is 5.75 Å². The molecule has 0 saturated carbocycles. The van der Waals surface area contributed by atoms with E-state index in [1.807, 2.05) is 24.3 Å². The van der Waals surface area contributed by atoms with Crippen LogP contribution in [-0.4, -0.2) is 62.3 Å². The molecule has 23 heavy (non-hydrogen) atoms. The molecule has 2 unspecified atom stereocenters. The minimum absolute atomic E-state index is 0.204. The summed E-state index contributed by atoms with van der Waals surface area (Å²) < 4.78 is 5.35. The Morgan fingerprint density at radius 2 is 2.17 bits per heavy atom. The Balaban J connectivity index is 2.22. The zero-order chi connectivity index (χ0) is 16.9. The maximum absolute atomic E-state index is 11.5. The molecule has 1 fully saturated rings. The molecule has 0 bridgehead atoms. The van der Waals surface area contributed by atoms with Gasteiger partial charge in [0.25, 0.3) is 0 Å². The Morgan fingerprint density at radius 1 is 1.39 bits per heavy atom. The maximum Gasteiger partial charge on any atom is 0.119 e. The number of methoxy groups -OCH3 is 1. The number of nitrogens with zero attached hydrogens (tertiary/aromatic N) is 2. The molecule has 1 saturated heterocycles. The minimum atomic E-state index is -0.776. The molecule has 1 aromatic rings. The van der Waals surface area contributed by atoms with Gasteiger partial charge in [0.05, 0.1) is 12.7 Å². The molecular formula is C19H32N2O2. The minimum Gasteiger partial charge on any atom is -0.497 e. The Labute approximate surface area is 141 Å². The van der Waals surface area contributed by atoms with E-state index in [2.05, 4.69) is 30.8 Å². The monoisotopic (exact) mass is 320 g/mol. The summed E-state index contributed by atoms with van der Waals surface area (Å²) in [4.78, 5) is 4.69. The standard InChI is InChI=1S/C19H32N2O2/c1-5-6-11-21-12-10-19(22,17(15-21)14-20(2)3)16-8-7-9-18(13-16)23-4/h7-9,13,17,22H,5-6,10-12,14-15H2,1-4H3. The number of aliphatic hydroxyl groups is 1. The Kier molecular flexibility index (Phi) is 6.45.